The van der Waals surface area contributed by atoms with E-state index < -0.39 is 0 Å². The Morgan fingerprint density at radius 3 is 2.52 bits per heavy atom. The molecule has 0 aliphatic carbocycles. The van der Waals surface area contributed by atoms with Crippen molar-refractivity contribution in [2.24, 2.45) is 0 Å². The minimum Gasteiger partial charge on any atom is -0.137 e. The maximum Gasteiger partial charge on any atom is 0.121 e. The maximum atomic E-state index is 6.24. The van der Waals surface area contributed by atoms with E-state index in [1.807, 2.05) is 30.3 Å². The first kappa shape index (κ1) is 15.1. The molecule has 0 unspecified atom stereocenters. The summed E-state index contributed by atoms with van der Waals surface area (Å²) in [5.74, 6) is 0. The van der Waals surface area contributed by atoms with Crippen LogP contribution in [-0.2, 0) is 0 Å². The molecule has 0 atom stereocenters. The highest BCUT2D eigenvalue weighted by Gasteiger charge is 2.15. The summed E-state index contributed by atoms with van der Waals surface area (Å²) in [5.41, 5.74) is 1.57. The van der Waals surface area contributed by atoms with E-state index in [0.717, 1.165) is 20.4 Å². The molecule has 1 aromatic heterocycles. The van der Waals surface area contributed by atoms with Gasteiger partial charge in [-0.1, -0.05) is 57.1 Å². The lowest BCUT2D eigenvalue weighted by molar-refractivity contribution is 1.15. The normalized spacial score (nSPS) is 10.8. The van der Waals surface area contributed by atoms with Crippen LogP contribution in [0.3, 0.4) is 0 Å². The van der Waals surface area contributed by atoms with E-state index in [1.54, 1.807) is 23.9 Å². The van der Waals surface area contributed by atoms with Gasteiger partial charge in [0.05, 0.1) is 5.02 Å². The molecule has 21 heavy (non-hydrogen) atoms. The number of hydrogen-bond donors (Lipinski definition) is 0. The molecule has 106 valence electrons. The number of aromatic nitrogens is 2. The van der Waals surface area contributed by atoms with Gasteiger partial charge in [-0.15, -0.1) is 5.10 Å². The smallest absolute Gasteiger partial charge is 0.121 e. The van der Waals surface area contributed by atoms with Gasteiger partial charge in [-0.3, -0.25) is 0 Å². The summed E-state index contributed by atoms with van der Waals surface area (Å²) in [6.45, 7) is 0. The lowest BCUT2D eigenvalue weighted by atomic mass is 10.2. The van der Waals surface area contributed by atoms with Crippen LogP contribution in [0, 0.1) is 0 Å². The van der Waals surface area contributed by atoms with Crippen LogP contribution in [0.4, 0.5) is 0 Å². The summed E-state index contributed by atoms with van der Waals surface area (Å²) in [6.07, 6.45) is 0. The van der Waals surface area contributed by atoms with Crippen LogP contribution in [0.25, 0.3) is 11.3 Å². The van der Waals surface area contributed by atoms with E-state index in [4.69, 9.17) is 34.8 Å². The second-order valence-corrected chi connectivity index (χ2v) is 7.47. The van der Waals surface area contributed by atoms with Crippen molar-refractivity contribution in [1.82, 2.24) is 9.59 Å². The SMILES string of the molecule is Clc1cccc(Sc2snnc2-c2ccc(Cl)cc2Cl)c1. The van der Waals surface area contributed by atoms with Gasteiger partial charge in [0, 0.05) is 20.5 Å². The average molecular weight is 374 g/mol. The van der Waals surface area contributed by atoms with Crippen LogP contribution >= 0.6 is 58.1 Å². The highest BCUT2D eigenvalue weighted by Crippen LogP contribution is 2.40. The fraction of sp³-hybridized carbons (Fsp3) is 0. The monoisotopic (exact) mass is 372 g/mol. The van der Waals surface area contributed by atoms with Crippen molar-refractivity contribution in [3.8, 4) is 11.3 Å². The van der Waals surface area contributed by atoms with E-state index >= 15 is 0 Å². The van der Waals surface area contributed by atoms with E-state index in [2.05, 4.69) is 9.59 Å². The van der Waals surface area contributed by atoms with Crippen molar-refractivity contribution in [3.63, 3.8) is 0 Å². The van der Waals surface area contributed by atoms with E-state index in [1.165, 1.54) is 11.5 Å². The number of hydrogen-bond acceptors (Lipinski definition) is 4. The number of rotatable bonds is 3. The Bertz CT molecular complexity index is 789. The Kier molecular flexibility index (Phi) is 4.72. The molecule has 3 aromatic rings. The van der Waals surface area contributed by atoms with Gasteiger partial charge in [-0.2, -0.15) is 0 Å². The number of benzene rings is 2. The summed E-state index contributed by atoms with van der Waals surface area (Å²) in [5, 5.41) is 6.03. The summed E-state index contributed by atoms with van der Waals surface area (Å²) >= 11 is 21.1. The minimum atomic E-state index is 0.558. The molecule has 0 aliphatic rings. The zero-order valence-electron chi connectivity index (χ0n) is 10.4. The average Bonchev–Trinajstić information content (AvgIpc) is 2.87. The molecule has 2 aromatic carbocycles. The first-order chi connectivity index (χ1) is 10.1. The third-order valence-electron chi connectivity index (χ3n) is 2.65. The predicted molar refractivity (Wildman–Crippen MR) is 90.9 cm³/mol. The molecule has 0 spiro atoms. The molecular formula is C14H7Cl3N2S2. The summed E-state index contributed by atoms with van der Waals surface area (Å²) in [7, 11) is 0. The zero-order valence-corrected chi connectivity index (χ0v) is 14.3. The van der Waals surface area contributed by atoms with Crippen LogP contribution in [0.1, 0.15) is 0 Å². The van der Waals surface area contributed by atoms with Crippen molar-refractivity contribution < 1.29 is 0 Å². The van der Waals surface area contributed by atoms with Gasteiger partial charge in [0.1, 0.15) is 9.90 Å². The Morgan fingerprint density at radius 2 is 1.76 bits per heavy atom. The molecule has 0 saturated heterocycles. The second kappa shape index (κ2) is 6.55. The van der Waals surface area contributed by atoms with E-state index in [0.29, 0.717) is 15.1 Å². The highest BCUT2D eigenvalue weighted by molar-refractivity contribution is 8.01. The van der Waals surface area contributed by atoms with Crippen LogP contribution in [-0.4, -0.2) is 9.59 Å². The number of halogens is 3. The molecule has 7 heteroatoms. The predicted octanol–water partition coefficient (Wildman–Crippen LogP) is 6.32. The molecule has 3 rings (SSSR count). The molecule has 2 nitrogen and oxygen atoms in total. The van der Waals surface area contributed by atoms with Crippen LogP contribution in [0.5, 0.6) is 0 Å². The molecule has 0 bridgehead atoms. The first-order valence-electron chi connectivity index (χ1n) is 5.84. The second-order valence-electron chi connectivity index (χ2n) is 4.09. The van der Waals surface area contributed by atoms with Crippen molar-refractivity contribution in [2.45, 2.75) is 9.10 Å². The molecule has 0 fully saturated rings. The topological polar surface area (TPSA) is 25.8 Å². The van der Waals surface area contributed by atoms with Crippen molar-refractivity contribution in [3.05, 3.63) is 57.5 Å². The van der Waals surface area contributed by atoms with Gasteiger partial charge in [-0.25, -0.2) is 0 Å². The lowest BCUT2D eigenvalue weighted by Crippen LogP contribution is -1.83. The summed E-state index contributed by atoms with van der Waals surface area (Å²) in [4.78, 5) is 1.03. The molecule has 0 amide bonds. The molecule has 0 radical (unpaired) electrons. The summed E-state index contributed by atoms with van der Waals surface area (Å²) < 4.78 is 4.99. The van der Waals surface area contributed by atoms with Gasteiger partial charge < -0.3 is 0 Å². The third-order valence-corrected chi connectivity index (χ3v) is 5.30. The third kappa shape index (κ3) is 3.52. The standard InChI is InChI=1S/C14H7Cl3N2S2/c15-8-2-1-3-10(6-8)20-14-13(18-19-21-14)11-5-4-9(16)7-12(11)17/h1-7H. The Hall–Kier alpha value is -0.780. The van der Waals surface area contributed by atoms with Gasteiger partial charge >= 0.3 is 0 Å². The van der Waals surface area contributed by atoms with Gasteiger partial charge in [-0.05, 0) is 47.9 Å². The molecule has 0 aliphatic heterocycles. The molecule has 0 saturated carbocycles. The molecule has 0 N–H and O–H groups in total. The largest absolute Gasteiger partial charge is 0.137 e. The van der Waals surface area contributed by atoms with Gasteiger partial charge in [0.2, 0.25) is 0 Å². The Morgan fingerprint density at radius 1 is 0.952 bits per heavy atom. The van der Waals surface area contributed by atoms with E-state index in [9.17, 15) is 0 Å². The minimum absolute atomic E-state index is 0.558. The van der Waals surface area contributed by atoms with Crippen molar-refractivity contribution in [2.75, 3.05) is 0 Å². The van der Waals surface area contributed by atoms with Crippen molar-refractivity contribution in [1.29, 1.82) is 0 Å². The van der Waals surface area contributed by atoms with Gasteiger partial charge in [0.15, 0.2) is 0 Å². The summed E-state index contributed by atoms with van der Waals surface area (Å²) in [6, 6.07) is 13.0. The molecule has 1 heterocycles. The quantitative estimate of drug-likeness (QED) is 0.537. The Balaban J connectivity index is 1.97. The highest BCUT2D eigenvalue weighted by atomic mass is 35.5. The van der Waals surface area contributed by atoms with Crippen LogP contribution in [0.15, 0.2) is 51.6 Å². The zero-order chi connectivity index (χ0) is 14.8. The lowest BCUT2D eigenvalue weighted by Gasteiger charge is -2.04. The molecular weight excluding hydrogens is 367 g/mol. The van der Waals surface area contributed by atoms with E-state index in [-0.39, 0.29) is 0 Å². The van der Waals surface area contributed by atoms with Crippen molar-refractivity contribution >= 4 is 58.1 Å². The van der Waals surface area contributed by atoms with Gasteiger partial charge in [0.25, 0.3) is 0 Å². The van der Waals surface area contributed by atoms with Crippen LogP contribution < -0.4 is 0 Å². The first-order valence-corrected chi connectivity index (χ1v) is 8.57. The Labute approximate surface area is 145 Å². The fourth-order valence-electron chi connectivity index (χ4n) is 1.73. The van der Waals surface area contributed by atoms with Crippen LogP contribution in [0.2, 0.25) is 15.1 Å². The number of nitrogens with zero attached hydrogens (tertiary/aromatic N) is 2. The maximum absolute atomic E-state index is 6.24. The fourth-order valence-corrected chi connectivity index (χ4v) is 4.25.